The maximum atomic E-state index is 13.0. The van der Waals surface area contributed by atoms with Crippen molar-refractivity contribution in [2.45, 2.75) is 11.5 Å². The third kappa shape index (κ3) is 4.60. The molecule has 0 radical (unpaired) electrons. The van der Waals surface area contributed by atoms with Crippen LogP contribution in [0.4, 0.5) is 5.69 Å². The van der Waals surface area contributed by atoms with Crippen molar-refractivity contribution in [3.63, 3.8) is 0 Å². The number of primary sulfonamides is 1. The van der Waals surface area contributed by atoms with Crippen molar-refractivity contribution in [3.05, 3.63) is 100 Å². The quantitative estimate of drug-likeness (QED) is 0.291. The molecule has 2 amide bonds. The number of hydrogen-bond donors (Lipinski definition) is 1. The van der Waals surface area contributed by atoms with Gasteiger partial charge in [-0.3, -0.25) is 9.59 Å². The summed E-state index contributed by atoms with van der Waals surface area (Å²) in [5.41, 5.74) is 1.38. The lowest BCUT2D eigenvalue weighted by molar-refractivity contribution is 0.0467. The number of ether oxygens (including phenoxy) is 1. The van der Waals surface area contributed by atoms with Gasteiger partial charge in [0.25, 0.3) is 11.8 Å². The van der Waals surface area contributed by atoms with Crippen LogP contribution in [-0.2, 0) is 21.4 Å². The average Bonchev–Trinajstić information content (AvgIpc) is 3.45. The molecule has 4 aromatic rings. The maximum Gasteiger partial charge on any atom is 0.338 e. The molecule has 2 heterocycles. The Morgan fingerprint density at radius 2 is 1.68 bits per heavy atom. The van der Waals surface area contributed by atoms with Gasteiger partial charge in [-0.15, -0.1) is 5.10 Å². The summed E-state index contributed by atoms with van der Waals surface area (Å²) in [5, 5.41) is 13.2. The Balaban J connectivity index is 1.28. The number of benzene rings is 3. The van der Waals surface area contributed by atoms with Crippen LogP contribution < -0.4 is 10.0 Å². The molecule has 1 aliphatic rings. The first kappa shape index (κ1) is 24.3. The van der Waals surface area contributed by atoms with Gasteiger partial charge in [0, 0.05) is 0 Å². The third-order valence-corrected chi connectivity index (χ3v) is 6.79. The summed E-state index contributed by atoms with van der Waals surface area (Å²) in [6.45, 7) is -0.218. The number of fused-ring (bicyclic) bond motifs is 1. The van der Waals surface area contributed by atoms with Crippen LogP contribution >= 0.6 is 11.6 Å². The first-order chi connectivity index (χ1) is 17.6. The van der Waals surface area contributed by atoms with E-state index in [1.54, 1.807) is 24.3 Å². The number of halogens is 1. The molecular formula is C24H16ClN5O6S. The normalized spacial score (nSPS) is 13.1. The lowest BCUT2D eigenvalue weighted by Crippen LogP contribution is -2.29. The molecule has 11 nitrogen and oxygen atoms in total. The number of nitrogens with two attached hydrogens (primary N) is 1. The zero-order chi connectivity index (χ0) is 26.3. The van der Waals surface area contributed by atoms with Crippen LogP contribution in [0.25, 0.3) is 5.69 Å². The van der Waals surface area contributed by atoms with E-state index >= 15 is 0 Å². The second-order valence-electron chi connectivity index (χ2n) is 7.93. The number of para-hydroxylation sites is 1. The molecule has 13 heteroatoms. The van der Waals surface area contributed by atoms with Crippen molar-refractivity contribution in [1.29, 1.82) is 0 Å². The fourth-order valence-corrected chi connectivity index (χ4v) is 4.46. The Morgan fingerprint density at radius 1 is 0.973 bits per heavy atom. The van der Waals surface area contributed by atoms with Gasteiger partial charge in [0.2, 0.25) is 10.0 Å². The second-order valence-corrected chi connectivity index (χ2v) is 9.90. The SMILES string of the molecule is NS(=O)(=O)c1ccc(-n2cc(COC(=O)c3ccc4c(c3)C(=O)N(c3ccccc3Cl)C4=O)nn2)cc1. The van der Waals surface area contributed by atoms with Crippen molar-refractivity contribution >= 4 is 45.1 Å². The molecule has 0 atom stereocenters. The number of sulfonamides is 1. The first-order valence-electron chi connectivity index (χ1n) is 10.6. The van der Waals surface area contributed by atoms with Crippen LogP contribution in [0.2, 0.25) is 5.02 Å². The average molecular weight is 538 g/mol. The first-order valence-corrected chi connectivity index (χ1v) is 12.5. The highest BCUT2D eigenvalue weighted by atomic mass is 35.5. The molecular weight excluding hydrogens is 522 g/mol. The van der Waals surface area contributed by atoms with Crippen molar-refractivity contribution in [1.82, 2.24) is 15.0 Å². The Labute approximate surface area is 215 Å². The molecule has 0 saturated carbocycles. The molecule has 5 rings (SSSR count). The fourth-order valence-electron chi connectivity index (χ4n) is 3.72. The Hall–Kier alpha value is -4.39. The molecule has 0 unspecified atom stereocenters. The predicted octanol–water partition coefficient (Wildman–Crippen LogP) is 2.73. The van der Waals surface area contributed by atoms with Crippen molar-refractivity contribution in [2.75, 3.05) is 4.90 Å². The van der Waals surface area contributed by atoms with E-state index in [4.69, 9.17) is 21.5 Å². The van der Waals surface area contributed by atoms with Crippen LogP contribution in [0.3, 0.4) is 0 Å². The number of carbonyl (C=O) groups excluding carboxylic acids is 3. The highest BCUT2D eigenvalue weighted by Gasteiger charge is 2.38. The van der Waals surface area contributed by atoms with E-state index in [0.717, 1.165) is 4.90 Å². The summed E-state index contributed by atoms with van der Waals surface area (Å²) in [6, 6.07) is 16.2. The molecule has 186 valence electrons. The van der Waals surface area contributed by atoms with Crippen LogP contribution in [-0.4, -0.2) is 41.2 Å². The molecule has 0 fully saturated rings. The lowest BCUT2D eigenvalue weighted by atomic mass is 10.1. The molecule has 2 N–H and O–H groups in total. The number of anilines is 1. The summed E-state index contributed by atoms with van der Waals surface area (Å²) in [7, 11) is -3.82. The largest absolute Gasteiger partial charge is 0.455 e. The highest BCUT2D eigenvalue weighted by Crippen LogP contribution is 2.33. The summed E-state index contributed by atoms with van der Waals surface area (Å²) in [5.74, 6) is -1.87. The summed E-state index contributed by atoms with van der Waals surface area (Å²) in [4.78, 5) is 39.3. The number of aromatic nitrogens is 3. The molecule has 3 aromatic carbocycles. The molecule has 0 spiro atoms. The van der Waals surface area contributed by atoms with Crippen molar-refractivity contribution in [3.8, 4) is 5.69 Å². The minimum absolute atomic E-state index is 0.0463. The minimum Gasteiger partial charge on any atom is -0.455 e. The second kappa shape index (κ2) is 9.24. The lowest BCUT2D eigenvalue weighted by Gasteiger charge is -2.15. The number of esters is 1. The van der Waals surface area contributed by atoms with E-state index in [9.17, 15) is 22.8 Å². The molecule has 1 aromatic heterocycles. The van der Waals surface area contributed by atoms with Gasteiger partial charge in [-0.05, 0) is 54.6 Å². The van der Waals surface area contributed by atoms with Crippen LogP contribution in [0.1, 0.15) is 36.8 Å². The van der Waals surface area contributed by atoms with E-state index in [2.05, 4.69) is 10.3 Å². The van der Waals surface area contributed by atoms with Gasteiger partial charge < -0.3 is 4.74 Å². The fraction of sp³-hybridized carbons (Fsp3) is 0.0417. The monoisotopic (exact) mass is 537 g/mol. The Morgan fingerprint density at radius 3 is 2.38 bits per heavy atom. The predicted molar refractivity (Wildman–Crippen MR) is 131 cm³/mol. The highest BCUT2D eigenvalue weighted by molar-refractivity contribution is 7.89. The van der Waals surface area contributed by atoms with Gasteiger partial charge >= 0.3 is 5.97 Å². The zero-order valence-corrected chi connectivity index (χ0v) is 20.3. The van der Waals surface area contributed by atoms with Gasteiger partial charge in [-0.2, -0.15) is 0 Å². The molecule has 1 aliphatic heterocycles. The number of amides is 2. The summed E-state index contributed by atoms with van der Waals surface area (Å²) in [6.07, 6.45) is 1.51. The van der Waals surface area contributed by atoms with E-state index in [1.807, 2.05) is 0 Å². The van der Waals surface area contributed by atoms with Crippen LogP contribution in [0, 0.1) is 0 Å². The number of carbonyl (C=O) groups is 3. The minimum atomic E-state index is -3.82. The Kier molecular flexibility index (Phi) is 6.07. The van der Waals surface area contributed by atoms with E-state index < -0.39 is 27.8 Å². The molecule has 0 bridgehead atoms. The van der Waals surface area contributed by atoms with Crippen LogP contribution in [0.15, 0.2) is 77.8 Å². The van der Waals surface area contributed by atoms with Gasteiger partial charge in [-0.25, -0.2) is 27.9 Å². The summed E-state index contributed by atoms with van der Waals surface area (Å²) >= 11 is 6.16. The molecule has 37 heavy (non-hydrogen) atoms. The molecule has 0 saturated heterocycles. The van der Waals surface area contributed by atoms with E-state index in [0.29, 0.717) is 11.4 Å². The van der Waals surface area contributed by atoms with Crippen molar-refractivity contribution < 1.29 is 27.5 Å². The maximum absolute atomic E-state index is 13.0. The van der Waals surface area contributed by atoms with Gasteiger partial charge in [0.15, 0.2) is 0 Å². The van der Waals surface area contributed by atoms with Crippen LogP contribution in [0.5, 0.6) is 0 Å². The Bertz CT molecular complexity index is 1680. The molecule has 0 aliphatic carbocycles. The van der Waals surface area contributed by atoms with Gasteiger partial charge in [-0.1, -0.05) is 28.9 Å². The van der Waals surface area contributed by atoms with Gasteiger partial charge in [0.05, 0.1) is 44.2 Å². The van der Waals surface area contributed by atoms with E-state index in [1.165, 1.54) is 53.3 Å². The number of imide groups is 1. The zero-order valence-electron chi connectivity index (χ0n) is 18.7. The number of hydrogen-bond acceptors (Lipinski definition) is 8. The summed E-state index contributed by atoms with van der Waals surface area (Å²) < 4.78 is 29.5. The number of rotatable bonds is 6. The smallest absolute Gasteiger partial charge is 0.338 e. The number of nitrogens with zero attached hydrogens (tertiary/aromatic N) is 4. The standard InChI is InChI=1S/C24H16ClN5O6S/c25-20-3-1-2-4-21(20)30-22(31)18-10-5-14(11-19(18)23(30)32)24(33)36-13-15-12-29(28-27-15)16-6-8-17(9-7-16)37(26,34)35/h1-12H,13H2,(H2,26,34,35). The van der Waals surface area contributed by atoms with Gasteiger partial charge in [0.1, 0.15) is 12.3 Å². The van der Waals surface area contributed by atoms with E-state index in [-0.39, 0.29) is 38.9 Å². The van der Waals surface area contributed by atoms with Crippen molar-refractivity contribution in [2.24, 2.45) is 5.14 Å². The third-order valence-electron chi connectivity index (χ3n) is 5.54. The topological polar surface area (TPSA) is 155 Å².